The molecule has 3 aromatic rings. The number of thioether (sulfide) groups is 1. The highest BCUT2D eigenvalue weighted by Crippen LogP contribution is 2.38. The van der Waals surface area contributed by atoms with Crippen molar-refractivity contribution < 1.29 is 19.1 Å². The van der Waals surface area contributed by atoms with Gasteiger partial charge in [-0.15, -0.1) is 10.2 Å². The van der Waals surface area contributed by atoms with E-state index in [-0.39, 0.29) is 23.6 Å². The highest BCUT2D eigenvalue weighted by molar-refractivity contribution is 7.99. The van der Waals surface area contributed by atoms with Crippen molar-refractivity contribution >= 4 is 29.3 Å². The summed E-state index contributed by atoms with van der Waals surface area (Å²) in [7, 11) is 1.83. The lowest BCUT2D eigenvalue weighted by Gasteiger charge is -2.26. The van der Waals surface area contributed by atoms with Gasteiger partial charge in [-0.2, -0.15) is 0 Å². The van der Waals surface area contributed by atoms with E-state index in [9.17, 15) is 9.59 Å². The fourth-order valence-electron chi connectivity index (χ4n) is 4.34. The largest absolute Gasteiger partial charge is 0.490 e. The van der Waals surface area contributed by atoms with Crippen molar-refractivity contribution in [3.05, 3.63) is 59.9 Å². The molecule has 0 aliphatic carbocycles. The zero-order chi connectivity index (χ0) is 24.2. The lowest BCUT2D eigenvalue weighted by atomic mass is 10.0. The molecular formula is C25H27N5O4S. The van der Waals surface area contributed by atoms with Gasteiger partial charge in [0.2, 0.25) is 5.91 Å². The van der Waals surface area contributed by atoms with Gasteiger partial charge in [-0.3, -0.25) is 9.59 Å². The molecule has 1 aromatic heterocycles. The summed E-state index contributed by atoms with van der Waals surface area (Å²) < 4.78 is 13.3. The lowest BCUT2D eigenvalue weighted by Crippen LogP contribution is -2.30. The second-order valence-electron chi connectivity index (χ2n) is 8.55. The molecule has 0 radical (unpaired) electrons. The molecule has 1 fully saturated rings. The Morgan fingerprint density at radius 2 is 1.89 bits per heavy atom. The van der Waals surface area contributed by atoms with Gasteiger partial charge in [0.05, 0.1) is 25.0 Å². The Bertz CT molecular complexity index is 1210. The van der Waals surface area contributed by atoms with E-state index in [1.54, 1.807) is 35.2 Å². The van der Waals surface area contributed by atoms with Crippen LogP contribution in [0.25, 0.3) is 0 Å². The van der Waals surface area contributed by atoms with E-state index in [1.165, 1.54) is 11.8 Å². The van der Waals surface area contributed by atoms with Crippen LogP contribution in [0.2, 0.25) is 0 Å². The Labute approximate surface area is 207 Å². The number of aryl methyl sites for hydroxylation is 1. The van der Waals surface area contributed by atoms with Gasteiger partial charge >= 0.3 is 0 Å². The second kappa shape index (κ2) is 10.4. The molecule has 5 rings (SSSR count). The summed E-state index contributed by atoms with van der Waals surface area (Å²) in [6.45, 7) is 1.98. The van der Waals surface area contributed by atoms with Crippen LogP contribution < -0.4 is 14.8 Å². The molecule has 2 aromatic carbocycles. The van der Waals surface area contributed by atoms with E-state index in [0.29, 0.717) is 36.2 Å². The maximum atomic E-state index is 13.3. The first-order chi connectivity index (χ1) is 17.1. The first-order valence-electron chi connectivity index (χ1n) is 11.7. The minimum absolute atomic E-state index is 0.00308. The first-order valence-corrected chi connectivity index (χ1v) is 12.6. The number of nitrogens with zero attached hydrogens (tertiary/aromatic N) is 4. The Kier molecular flexibility index (Phi) is 6.89. The number of carbonyl (C=O) groups is 2. The van der Waals surface area contributed by atoms with Gasteiger partial charge < -0.3 is 24.3 Å². The minimum atomic E-state index is -0.147. The summed E-state index contributed by atoms with van der Waals surface area (Å²) >= 11 is 1.31. The van der Waals surface area contributed by atoms with Crippen LogP contribution in [0.1, 0.15) is 41.2 Å². The van der Waals surface area contributed by atoms with Crippen molar-refractivity contribution in [2.75, 3.05) is 30.8 Å². The quantitative estimate of drug-likeness (QED) is 0.523. The number of aromatic nitrogens is 3. The van der Waals surface area contributed by atoms with Crippen LogP contribution in [-0.4, -0.2) is 57.0 Å². The number of fused-ring (bicyclic) bond motifs is 1. The predicted octanol–water partition coefficient (Wildman–Crippen LogP) is 3.68. The summed E-state index contributed by atoms with van der Waals surface area (Å²) in [6, 6.07) is 13.0. The Hall–Kier alpha value is -3.53. The smallest absolute Gasteiger partial charge is 0.254 e. The monoisotopic (exact) mass is 493 g/mol. The fraction of sp³-hybridized carbons (Fsp3) is 0.360. The van der Waals surface area contributed by atoms with E-state index < -0.39 is 0 Å². The molecule has 0 saturated carbocycles. The molecule has 2 aliphatic rings. The SMILES string of the molecule is Cn1cnnc1SCC(=O)Nc1ccc(C(=O)N2CCC[C@H]2c2ccc3c(c2)OCCCO3)cc1. The van der Waals surface area contributed by atoms with E-state index in [2.05, 4.69) is 15.5 Å². The summed E-state index contributed by atoms with van der Waals surface area (Å²) in [6.07, 6.45) is 4.30. The Morgan fingerprint density at radius 3 is 2.66 bits per heavy atom. The summed E-state index contributed by atoms with van der Waals surface area (Å²) in [4.78, 5) is 27.5. The molecule has 182 valence electrons. The molecule has 2 aliphatic heterocycles. The summed E-state index contributed by atoms with van der Waals surface area (Å²) in [5.74, 6) is 1.56. The third kappa shape index (κ3) is 5.27. The van der Waals surface area contributed by atoms with E-state index in [4.69, 9.17) is 9.47 Å². The maximum Gasteiger partial charge on any atom is 0.254 e. The molecule has 9 nitrogen and oxygen atoms in total. The van der Waals surface area contributed by atoms with E-state index >= 15 is 0 Å². The summed E-state index contributed by atoms with van der Waals surface area (Å²) in [5, 5.41) is 11.3. The number of hydrogen-bond acceptors (Lipinski definition) is 7. The van der Waals surface area contributed by atoms with Crippen molar-refractivity contribution in [3.63, 3.8) is 0 Å². The van der Waals surface area contributed by atoms with Crippen LogP contribution in [0, 0.1) is 0 Å². The van der Waals surface area contributed by atoms with Crippen LogP contribution in [0.15, 0.2) is 53.9 Å². The van der Waals surface area contributed by atoms with Crippen LogP contribution in [0.4, 0.5) is 5.69 Å². The zero-order valence-corrected chi connectivity index (χ0v) is 20.3. The molecule has 1 saturated heterocycles. The molecule has 3 heterocycles. The van der Waals surface area contributed by atoms with Crippen LogP contribution in [0.3, 0.4) is 0 Å². The van der Waals surface area contributed by atoms with Gasteiger partial charge in [-0.25, -0.2) is 0 Å². The third-order valence-corrected chi connectivity index (χ3v) is 7.12. The molecule has 2 amide bonds. The lowest BCUT2D eigenvalue weighted by molar-refractivity contribution is -0.113. The first kappa shape index (κ1) is 23.2. The standard InChI is InChI=1S/C25H27N5O4S/c1-29-16-26-28-25(29)35-15-23(31)27-19-8-5-17(6-9-19)24(32)30-11-2-4-20(30)18-7-10-21-22(14-18)34-13-3-12-33-21/h5-10,14,16,20H,2-4,11-13,15H2,1H3,(H,27,31)/t20-/m0/s1. The molecule has 0 unspecified atom stereocenters. The number of ether oxygens (including phenoxy) is 2. The van der Waals surface area contributed by atoms with E-state index in [0.717, 1.165) is 36.3 Å². The number of rotatable bonds is 6. The van der Waals surface area contributed by atoms with E-state index in [1.807, 2.05) is 30.1 Å². The predicted molar refractivity (Wildman–Crippen MR) is 132 cm³/mol. The highest BCUT2D eigenvalue weighted by Gasteiger charge is 2.31. The van der Waals surface area contributed by atoms with Crippen molar-refractivity contribution in [3.8, 4) is 11.5 Å². The number of anilines is 1. The van der Waals surface area contributed by atoms with Crippen molar-refractivity contribution in [2.45, 2.75) is 30.5 Å². The second-order valence-corrected chi connectivity index (χ2v) is 9.49. The highest BCUT2D eigenvalue weighted by atomic mass is 32.2. The third-order valence-electron chi connectivity index (χ3n) is 6.09. The van der Waals surface area contributed by atoms with Gasteiger partial charge in [0.1, 0.15) is 6.33 Å². The topological polar surface area (TPSA) is 98.6 Å². The molecule has 1 atom stereocenters. The normalized spacial score (nSPS) is 17.2. The Balaban J connectivity index is 1.22. The van der Waals surface area contributed by atoms with Gasteiger partial charge in [-0.05, 0) is 54.8 Å². The zero-order valence-electron chi connectivity index (χ0n) is 19.5. The molecule has 0 bridgehead atoms. The van der Waals surface area contributed by atoms with Crippen LogP contribution >= 0.6 is 11.8 Å². The van der Waals surface area contributed by atoms with Crippen LogP contribution in [0.5, 0.6) is 11.5 Å². The number of carbonyl (C=O) groups excluding carboxylic acids is 2. The molecule has 0 spiro atoms. The average Bonchev–Trinajstić information content (AvgIpc) is 3.45. The van der Waals surface area contributed by atoms with Crippen molar-refractivity contribution in [1.82, 2.24) is 19.7 Å². The molecule has 1 N–H and O–H groups in total. The van der Waals surface area contributed by atoms with Gasteiger partial charge in [0.15, 0.2) is 16.7 Å². The average molecular weight is 494 g/mol. The van der Waals surface area contributed by atoms with Gasteiger partial charge in [0, 0.05) is 31.3 Å². The maximum absolute atomic E-state index is 13.3. The number of nitrogens with one attached hydrogen (secondary N) is 1. The summed E-state index contributed by atoms with van der Waals surface area (Å²) in [5.41, 5.74) is 2.30. The van der Waals surface area contributed by atoms with Gasteiger partial charge in [0.25, 0.3) is 5.91 Å². The molecule has 35 heavy (non-hydrogen) atoms. The Morgan fingerprint density at radius 1 is 1.09 bits per heavy atom. The van der Waals surface area contributed by atoms with Crippen LogP contribution in [-0.2, 0) is 11.8 Å². The van der Waals surface area contributed by atoms with Crippen molar-refractivity contribution in [2.24, 2.45) is 7.05 Å². The molecular weight excluding hydrogens is 466 g/mol. The van der Waals surface area contributed by atoms with Gasteiger partial charge in [-0.1, -0.05) is 17.8 Å². The number of benzene rings is 2. The molecule has 10 heteroatoms. The minimum Gasteiger partial charge on any atom is -0.490 e. The number of hydrogen-bond donors (Lipinski definition) is 1. The number of amides is 2. The fourth-order valence-corrected chi connectivity index (χ4v) is 5.02. The van der Waals surface area contributed by atoms with Crippen molar-refractivity contribution in [1.29, 1.82) is 0 Å². The number of likely N-dealkylation sites (tertiary alicyclic amines) is 1.